The molecule has 0 radical (unpaired) electrons. The van der Waals surface area contributed by atoms with Crippen LogP contribution in [0.5, 0.6) is 0 Å². The Morgan fingerprint density at radius 2 is 2.17 bits per heavy atom. The normalized spacial score (nSPS) is 12.7. The SMILES string of the molecule is C=CCNC(=O)C(NC)C(C)C. The van der Waals surface area contributed by atoms with Gasteiger partial charge in [0.05, 0.1) is 6.04 Å². The highest BCUT2D eigenvalue weighted by atomic mass is 16.2. The fourth-order valence-electron chi connectivity index (χ4n) is 1.05. The van der Waals surface area contributed by atoms with Crippen molar-refractivity contribution in [2.75, 3.05) is 13.6 Å². The fraction of sp³-hybridized carbons (Fsp3) is 0.667. The molecule has 0 fully saturated rings. The van der Waals surface area contributed by atoms with Crippen molar-refractivity contribution >= 4 is 5.91 Å². The van der Waals surface area contributed by atoms with E-state index in [4.69, 9.17) is 0 Å². The number of hydrogen-bond acceptors (Lipinski definition) is 2. The number of hydrogen-bond donors (Lipinski definition) is 2. The third-order valence-corrected chi connectivity index (χ3v) is 1.68. The summed E-state index contributed by atoms with van der Waals surface area (Å²) in [6, 6.07) is -0.107. The van der Waals surface area contributed by atoms with Gasteiger partial charge < -0.3 is 10.6 Å². The lowest BCUT2D eigenvalue weighted by molar-refractivity contribution is -0.123. The summed E-state index contributed by atoms with van der Waals surface area (Å²) in [5.41, 5.74) is 0. The first kappa shape index (κ1) is 11.2. The van der Waals surface area contributed by atoms with Gasteiger partial charge in [-0.25, -0.2) is 0 Å². The molecule has 12 heavy (non-hydrogen) atoms. The maximum absolute atomic E-state index is 11.4. The molecule has 0 aliphatic heterocycles. The van der Waals surface area contributed by atoms with E-state index in [9.17, 15) is 4.79 Å². The van der Waals surface area contributed by atoms with E-state index < -0.39 is 0 Å². The molecule has 0 saturated heterocycles. The first-order chi connectivity index (χ1) is 5.63. The summed E-state index contributed by atoms with van der Waals surface area (Å²) in [6.45, 7) is 8.08. The monoisotopic (exact) mass is 170 g/mol. The molecule has 0 aromatic carbocycles. The molecule has 0 bridgehead atoms. The molecule has 0 spiro atoms. The highest BCUT2D eigenvalue weighted by Crippen LogP contribution is 1.99. The van der Waals surface area contributed by atoms with Gasteiger partial charge >= 0.3 is 0 Å². The summed E-state index contributed by atoms with van der Waals surface area (Å²) in [5.74, 6) is 0.340. The van der Waals surface area contributed by atoms with Gasteiger partial charge in [0.15, 0.2) is 0 Å². The molecule has 0 rings (SSSR count). The van der Waals surface area contributed by atoms with Gasteiger partial charge in [-0.15, -0.1) is 6.58 Å². The van der Waals surface area contributed by atoms with E-state index in [0.717, 1.165) is 0 Å². The van der Waals surface area contributed by atoms with Crippen LogP contribution in [-0.4, -0.2) is 25.5 Å². The summed E-state index contributed by atoms with van der Waals surface area (Å²) in [4.78, 5) is 11.4. The van der Waals surface area contributed by atoms with Crippen LogP contribution in [0.25, 0.3) is 0 Å². The zero-order valence-electron chi connectivity index (χ0n) is 8.05. The van der Waals surface area contributed by atoms with Gasteiger partial charge in [0.25, 0.3) is 0 Å². The van der Waals surface area contributed by atoms with Gasteiger partial charge in [-0.1, -0.05) is 19.9 Å². The molecular formula is C9H18N2O. The number of amides is 1. The lowest BCUT2D eigenvalue weighted by atomic mass is 10.0. The second kappa shape index (κ2) is 5.77. The smallest absolute Gasteiger partial charge is 0.237 e. The first-order valence-corrected chi connectivity index (χ1v) is 4.19. The highest BCUT2D eigenvalue weighted by molar-refractivity contribution is 5.82. The Labute approximate surface area is 74.2 Å². The quantitative estimate of drug-likeness (QED) is 0.591. The minimum absolute atomic E-state index is 0.0346. The number of carbonyl (C=O) groups excluding carboxylic acids is 1. The van der Waals surface area contributed by atoms with Crippen molar-refractivity contribution in [2.24, 2.45) is 5.92 Å². The molecule has 1 unspecified atom stereocenters. The predicted molar refractivity (Wildman–Crippen MR) is 50.9 cm³/mol. The van der Waals surface area contributed by atoms with Crippen LogP contribution >= 0.6 is 0 Å². The third kappa shape index (κ3) is 3.53. The summed E-state index contributed by atoms with van der Waals surface area (Å²) in [7, 11) is 1.79. The largest absolute Gasteiger partial charge is 0.351 e. The predicted octanol–water partition coefficient (Wildman–Crippen LogP) is 0.533. The van der Waals surface area contributed by atoms with Crippen LogP contribution in [-0.2, 0) is 4.79 Å². The molecule has 0 aliphatic carbocycles. The van der Waals surface area contributed by atoms with E-state index in [-0.39, 0.29) is 11.9 Å². The fourth-order valence-corrected chi connectivity index (χ4v) is 1.05. The lowest BCUT2D eigenvalue weighted by Crippen LogP contribution is -2.45. The van der Waals surface area contributed by atoms with E-state index in [0.29, 0.717) is 12.5 Å². The Morgan fingerprint density at radius 3 is 2.50 bits per heavy atom. The number of rotatable bonds is 5. The molecular weight excluding hydrogens is 152 g/mol. The van der Waals surface area contributed by atoms with Crippen LogP contribution < -0.4 is 10.6 Å². The van der Waals surface area contributed by atoms with Gasteiger partial charge in [-0.05, 0) is 13.0 Å². The van der Waals surface area contributed by atoms with E-state index in [1.165, 1.54) is 0 Å². The average Bonchev–Trinajstić information content (AvgIpc) is 2.01. The molecule has 0 aromatic rings. The van der Waals surface area contributed by atoms with Crippen LogP contribution in [0.4, 0.5) is 0 Å². The Hall–Kier alpha value is -0.830. The third-order valence-electron chi connectivity index (χ3n) is 1.68. The van der Waals surface area contributed by atoms with Gasteiger partial charge in [-0.3, -0.25) is 4.79 Å². The maximum atomic E-state index is 11.4. The van der Waals surface area contributed by atoms with Gasteiger partial charge in [0.1, 0.15) is 0 Å². The Kier molecular flexibility index (Phi) is 5.37. The Morgan fingerprint density at radius 1 is 1.58 bits per heavy atom. The molecule has 1 atom stereocenters. The minimum Gasteiger partial charge on any atom is -0.351 e. The van der Waals surface area contributed by atoms with Crippen molar-refractivity contribution < 1.29 is 4.79 Å². The highest BCUT2D eigenvalue weighted by Gasteiger charge is 2.18. The van der Waals surface area contributed by atoms with Crippen molar-refractivity contribution in [2.45, 2.75) is 19.9 Å². The van der Waals surface area contributed by atoms with Crippen molar-refractivity contribution in [1.82, 2.24) is 10.6 Å². The molecule has 1 amide bonds. The second-order valence-corrected chi connectivity index (χ2v) is 3.04. The van der Waals surface area contributed by atoms with Crippen LogP contribution in [0.1, 0.15) is 13.8 Å². The second-order valence-electron chi connectivity index (χ2n) is 3.04. The van der Waals surface area contributed by atoms with Crippen LogP contribution in [0.15, 0.2) is 12.7 Å². The Bertz CT molecular complexity index is 155. The number of nitrogens with one attached hydrogen (secondary N) is 2. The summed E-state index contributed by atoms with van der Waals surface area (Å²) in [6.07, 6.45) is 1.67. The first-order valence-electron chi connectivity index (χ1n) is 4.19. The molecule has 3 nitrogen and oxygen atoms in total. The van der Waals surface area contributed by atoms with E-state index in [1.807, 2.05) is 13.8 Å². The lowest BCUT2D eigenvalue weighted by Gasteiger charge is -2.18. The molecule has 3 heteroatoms. The molecule has 0 saturated carbocycles. The summed E-state index contributed by atoms with van der Waals surface area (Å²) >= 11 is 0. The number of likely N-dealkylation sites (N-methyl/N-ethyl adjacent to an activating group) is 1. The zero-order chi connectivity index (χ0) is 9.56. The van der Waals surface area contributed by atoms with E-state index in [1.54, 1.807) is 13.1 Å². The molecule has 2 N–H and O–H groups in total. The minimum atomic E-state index is -0.107. The van der Waals surface area contributed by atoms with Crippen molar-refractivity contribution in [1.29, 1.82) is 0 Å². The average molecular weight is 170 g/mol. The zero-order valence-corrected chi connectivity index (χ0v) is 8.05. The summed E-state index contributed by atoms with van der Waals surface area (Å²) < 4.78 is 0. The molecule has 0 aliphatic rings. The van der Waals surface area contributed by atoms with Crippen molar-refractivity contribution in [3.63, 3.8) is 0 Å². The molecule has 70 valence electrons. The number of carbonyl (C=O) groups is 1. The van der Waals surface area contributed by atoms with Crippen LogP contribution in [0.3, 0.4) is 0 Å². The van der Waals surface area contributed by atoms with Crippen molar-refractivity contribution in [3.8, 4) is 0 Å². The van der Waals surface area contributed by atoms with Crippen LogP contribution in [0, 0.1) is 5.92 Å². The van der Waals surface area contributed by atoms with Crippen LogP contribution in [0.2, 0.25) is 0 Å². The standard InChI is InChI=1S/C9H18N2O/c1-5-6-11-9(12)8(10-4)7(2)3/h5,7-8,10H,1,6H2,2-4H3,(H,11,12). The molecule has 0 heterocycles. The van der Waals surface area contributed by atoms with Gasteiger partial charge in [0, 0.05) is 6.54 Å². The topological polar surface area (TPSA) is 41.1 Å². The van der Waals surface area contributed by atoms with Gasteiger partial charge in [0.2, 0.25) is 5.91 Å². The van der Waals surface area contributed by atoms with E-state index in [2.05, 4.69) is 17.2 Å². The Balaban J connectivity index is 3.94. The van der Waals surface area contributed by atoms with E-state index >= 15 is 0 Å². The van der Waals surface area contributed by atoms with Crippen molar-refractivity contribution in [3.05, 3.63) is 12.7 Å². The maximum Gasteiger partial charge on any atom is 0.237 e. The summed E-state index contributed by atoms with van der Waals surface area (Å²) in [5, 5.41) is 5.71. The van der Waals surface area contributed by atoms with Gasteiger partial charge in [-0.2, -0.15) is 0 Å². The molecule has 0 aromatic heterocycles.